The van der Waals surface area contributed by atoms with Gasteiger partial charge < -0.3 is 15.1 Å². The number of halogens is 1. The number of hydrogen-bond acceptors (Lipinski definition) is 3. The van der Waals surface area contributed by atoms with Crippen molar-refractivity contribution in [2.24, 2.45) is 0 Å². The first-order valence-corrected chi connectivity index (χ1v) is 7.35. The molecule has 1 rings (SSSR count). The third kappa shape index (κ3) is 5.67. The van der Waals surface area contributed by atoms with Gasteiger partial charge in [-0.1, -0.05) is 0 Å². The number of piperidine rings is 1. The van der Waals surface area contributed by atoms with Crippen molar-refractivity contribution in [3.05, 3.63) is 0 Å². The SMILES string of the molecule is CCN(CC)C(=O)CCC(=O)N1CCCC(NC)C1.Cl. The average Bonchev–Trinajstić information content (AvgIpc) is 2.46. The van der Waals surface area contributed by atoms with Crippen molar-refractivity contribution >= 4 is 24.2 Å². The van der Waals surface area contributed by atoms with Gasteiger partial charge in [-0.25, -0.2) is 0 Å². The van der Waals surface area contributed by atoms with Crippen LogP contribution in [0, 0.1) is 0 Å². The molecule has 0 spiro atoms. The molecule has 1 aliphatic rings. The second-order valence-corrected chi connectivity index (χ2v) is 5.03. The van der Waals surface area contributed by atoms with E-state index >= 15 is 0 Å². The third-order valence-electron chi connectivity index (χ3n) is 3.85. The minimum absolute atomic E-state index is 0. The van der Waals surface area contributed by atoms with Gasteiger partial charge in [-0.15, -0.1) is 12.4 Å². The van der Waals surface area contributed by atoms with E-state index in [1.807, 2.05) is 25.8 Å². The Balaban J connectivity index is 0.00000361. The van der Waals surface area contributed by atoms with Crippen LogP contribution in [0.2, 0.25) is 0 Å². The van der Waals surface area contributed by atoms with Crippen molar-refractivity contribution in [2.45, 2.75) is 45.6 Å². The highest BCUT2D eigenvalue weighted by Crippen LogP contribution is 2.12. The quantitative estimate of drug-likeness (QED) is 0.804. The van der Waals surface area contributed by atoms with Gasteiger partial charge in [-0.05, 0) is 33.7 Å². The topological polar surface area (TPSA) is 52.7 Å². The number of nitrogens with one attached hydrogen (secondary N) is 1. The van der Waals surface area contributed by atoms with Crippen LogP contribution in [0.4, 0.5) is 0 Å². The van der Waals surface area contributed by atoms with Crippen LogP contribution in [0.1, 0.15) is 39.5 Å². The summed E-state index contributed by atoms with van der Waals surface area (Å²) in [5.74, 6) is 0.195. The van der Waals surface area contributed by atoms with Crippen molar-refractivity contribution in [2.75, 3.05) is 33.2 Å². The minimum Gasteiger partial charge on any atom is -0.343 e. The lowest BCUT2D eigenvalue weighted by Crippen LogP contribution is -2.47. The van der Waals surface area contributed by atoms with E-state index in [0.717, 1.165) is 39.0 Å². The Labute approximate surface area is 128 Å². The minimum atomic E-state index is 0. The Hall–Kier alpha value is -0.810. The molecule has 1 atom stereocenters. The molecule has 1 heterocycles. The maximum Gasteiger partial charge on any atom is 0.223 e. The molecule has 1 aliphatic heterocycles. The molecule has 0 aliphatic carbocycles. The van der Waals surface area contributed by atoms with Gasteiger partial charge in [0, 0.05) is 45.1 Å². The van der Waals surface area contributed by atoms with Crippen molar-refractivity contribution < 1.29 is 9.59 Å². The summed E-state index contributed by atoms with van der Waals surface area (Å²) < 4.78 is 0. The zero-order valence-corrected chi connectivity index (χ0v) is 13.7. The average molecular weight is 306 g/mol. The molecule has 1 fully saturated rings. The van der Waals surface area contributed by atoms with Crippen LogP contribution in [-0.2, 0) is 9.59 Å². The summed E-state index contributed by atoms with van der Waals surface area (Å²) in [5, 5.41) is 3.22. The maximum atomic E-state index is 12.1. The fourth-order valence-corrected chi connectivity index (χ4v) is 2.55. The summed E-state index contributed by atoms with van der Waals surface area (Å²) in [4.78, 5) is 27.6. The molecule has 5 nitrogen and oxygen atoms in total. The van der Waals surface area contributed by atoms with Crippen molar-refractivity contribution in [1.29, 1.82) is 0 Å². The molecule has 20 heavy (non-hydrogen) atoms. The van der Waals surface area contributed by atoms with Gasteiger partial charge in [0.15, 0.2) is 0 Å². The number of rotatable bonds is 6. The summed E-state index contributed by atoms with van der Waals surface area (Å²) in [5.41, 5.74) is 0. The molecule has 0 bridgehead atoms. The first kappa shape index (κ1) is 19.2. The van der Waals surface area contributed by atoms with E-state index in [1.165, 1.54) is 0 Å². The predicted octanol–water partition coefficient (Wildman–Crippen LogP) is 1.27. The number of likely N-dealkylation sites (tertiary alicyclic amines) is 1. The Morgan fingerprint density at radius 3 is 2.45 bits per heavy atom. The van der Waals surface area contributed by atoms with Gasteiger partial charge in [0.2, 0.25) is 11.8 Å². The number of hydrogen-bond donors (Lipinski definition) is 1. The number of carbonyl (C=O) groups excluding carboxylic acids is 2. The van der Waals surface area contributed by atoms with E-state index in [9.17, 15) is 9.59 Å². The number of likely N-dealkylation sites (N-methyl/N-ethyl adjacent to an activating group) is 1. The summed E-state index contributed by atoms with van der Waals surface area (Å²) in [6.07, 6.45) is 2.84. The van der Waals surface area contributed by atoms with Crippen LogP contribution in [0.25, 0.3) is 0 Å². The highest BCUT2D eigenvalue weighted by Gasteiger charge is 2.23. The summed E-state index contributed by atoms with van der Waals surface area (Å²) in [6.45, 7) is 6.96. The first-order chi connectivity index (χ1) is 9.12. The second-order valence-electron chi connectivity index (χ2n) is 5.03. The molecule has 0 saturated carbocycles. The highest BCUT2D eigenvalue weighted by molar-refractivity contribution is 5.85. The van der Waals surface area contributed by atoms with Gasteiger partial charge in [0.1, 0.15) is 0 Å². The molecule has 0 aromatic heterocycles. The van der Waals surface area contributed by atoms with Gasteiger partial charge in [-0.3, -0.25) is 9.59 Å². The molecular weight excluding hydrogens is 278 g/mol. The Bertz CT molecular complexity index is 309. The molecular formula is C14H28ClN3O2. The normalized spacial score (nSPS) is 18.4. The fraction of sp³-hybridized carbons (Fsp3) is 0.857. The molecule has 0 radical (unpaired) electrons. The number of nitrogens with zero attached hydrogens (tertiary/aromatic N) is 2. The van der Waals surface area contributed by atoms with Crippen molar-refractivity contribution in [3.8, 4) is 0 Å². The van der Waals surface area contributed by atoms with E-state index in [2.05, 4.69) is 5.32 Å². The number of carbonyl (C=O) groups is 2. The summed E-state index contributed by atoms with van der Waals surface area (Å²) in [6, 6.07) is 0.399. The zero-order valence-electron chi connectivity index (χ0n) is 12.9. The van der Waals surface area contributed by atoms with Crippen molar-refractivity contribution in [3.63, 3.8) is 0 Å². The number of amides is 2. The predicted molar refractivity (Wildman–Crippen MR) is 83.1 cm³/mol. The molecule has 6 heteroatoms. The molecule has 0 aromatic rings. The lowest BCUT2D eigenvalue weighted by atomic mass is 10.1. The van der Waals surface area contributed by atoms with Crippen LogP contribution in [-0.4, -0.2) is 60.9 Å². The lowest BCUT2D eigenvalue weighted by Gasteiger charge is -2.32. The maximum absolute atomic E-state index is 12.1. The van der Waals surface area contributed by atoms with E-state index < -0.39 is 0 Å². The van der Waals surface area contributed by atoms with E-state index in [-0.39, 0.29) is 24.2 Å². The van der Waals surface area contributed by atoms with Gasteiger partial charge in [0.05, 0.1) is 0 Å². The monoisotopic (exact) mass is 305 g/mol. The standard InChI is InChI=1S/C14H27N3O2.ClH/c1-4-16(5-2)13(18)8-9-14(19)17-10-6-7-12(11-17)15-3;/h12,15H,4-11H2,1-3H3;1H. The van der Waals surface area contributed by atoms with E-state index in [4.69, 9.17) is 0 Å². The van der Waals surface area contributed by atoms with Crippen LogP contribution >= 0.6 is 12.4 Å². The van der Waals surface area contributed by atoms with E-state index in [0.29, 0.717) is 18.9 Å². The van der Waals surface area contributed by atoms with Gasteiger partial charge in [-0.2, -0.15) is 0 Å². The Morgan fingerprint density at radius 2 is 1.90 bits per heavy atom. The second kappa shape index (κ2) is 10.00. The molecule has 1 unspecified atom stereocenters. The van der Waals surface area contributed by atoms with Crippen LogP contribution in [0.15, 0.2) is 0 Å². The van der Waals surface area contributed by atoms with Crippen LogP contribution < -0.4 is 5.32 Å². The first-order valence-electron chi connectivity index (χ1n) is 7.35. The van der Waals surface area contributed by atoms with Gasteiger partial charge in [0.25, 0.3) is 0 Å². The molecule has 118 valence electrons. The fourth-order valence-electron chi connectivity index (χ4n) is 2.55. The van der Waals surface area contributed by atoms with E-state index in [1.54, 1.807) is 4.90 Å². The van der Waals surface area contributed by atoms with Crippen LogP contribution in [0.3, 0.4) is 0 Å². The molecule has 1 saturated heterocycles. The Kier molecular flexibility index (Phi) is 9.59. The van der Waals surface area contributed by atoms with Crippen LogP contribution in [0.5, 0.6) is 0 Å². The molecule has 1 N–H and O–H groups in total. The molecule has 2 amide bonds. The van der Waals surface area contributed by atoms with Crippen molar-refractivity contribution in [1.82, 2.24) is 15.1 Å². The smallest absolute Gasteiger partial charge is 0.223 e. The summed E-state index contributed by atoms with van der Waals surface area (Å²) >= 11 is 0. The highest BCUT2D eigenvalue weighted by atomic mass is 35.5. The largest absolute Gasteiger partial charge is 0.343 e. The lowest BCUT2D eigenvalue weighted by molar-refractivity contribution is -0.137. The third-order valence-corrected chi connectivity index (χ3v) is 3.85. The summed E-state index contributed by atoms with van der Waals surface area (Å²) in [7, 11) is 1.93. The van der Waals surface area contributed by atoms with Gasteiger partial charge >= 0.3 is 0 Å². The molecule has 0 aromatic carbocycles. The zero-order chi connectivity index (χ0) is 14.3. The Morgan fingerprint density at radius 1 is 1.25 bits per heavy atom.